The third-order valence-electron chi connectivity index (χ3n) is 4.59. The van der Waals surface area contributed by atoms with Crippen molar-refractivity contribution in [2.75, 3.05) is 6.61 Å². The predicted octanol–water partition coefficient (Wildman–Crippen LogP) is 7.41. The zero-order valence-electron chi connectivity index (χ0n) is 18.0. The maximum absolute atomic E-state index is 13.3. The average molecular weight is 478 g/mol. The molecule has 2 nitrogen and oxygen atoms in total. The Morgan fingerprint density at radius 2 is 1.15 bits per heavy atom. The van der Waals surface area contributed by atoms with E-state index >= 15 is 0 Å². The van der Waals surface area contributed by atoms with Gasteiger partial charge in [-0.25, -0.2) is 4.39 Å². The summed E-state index contributed by atoms with van der Waals surface area (Å²) < 4.78 is 85.7. The normalized spacial score (nSPS) is 12.4. The van der Waals surface area contributed by atoms with Gasteiger partial charge in [0.2, 0.25) is 0 Å². The Morgan fingerprint density at radius 3 is 1.62 bits per heavy atom. The van der Waals surface area contributed by atoms with Crippen molar-refractivity contribution < 1.29 is 35.8 Å². The molecule has 0 fully saturated rings. The first kappa shape index (κ1) is 25.0. The molecule has 0 aliphatic rings. The van der Waals surface area contributed by atoms with Crippen molar-refractivity contribution in [1.29, 1.82) is 0 Å². The van der Waals surface area contributed by atoms with E-state index in [1.807, 2.05) is 55.5 Å². The van der Waals surface area contributed by atoms with Crippen LogP contribution in [0.5, 0.6) is 11.5 Å². The lowest BCUT2D eigenvalue weighted by Gasteiger charge is -2.23. The van der Waals surface area contributed by atoms with Gasteiger partial charge in [0.1, 0.15) is 11.5 Å². The molecule has 0 aliphatic carbocycles. The van der Waals surface area contributed by atoms with Crippen LogP contribution in [0.1, 0.15) is 24.5 Å². The summed E-state index contributed by atoms with van der Waals surface area (Å²) in [5, 5.41) is 0. The predicted molar refractivity (Wildman–Crippen MR) is 117 cm³/mol. The number of halogens is 6. The summed E-state index contributed by atoms with van der Waals surface area (Å²) in [4.78, 5) is 0. The summed E-state index contributed by atoms with van der Waals surface area (Å²) in [6.07, 6.45) is -14.3. The van der Waals surface area contributed by atoms with Crippen molar-refractivity contribution in [2.45, 2.75) is 31.8 Å². The van der Waals surface area contributed by atoms with E-state index in [1.165, 1.54) is 12.1 Å². The number of benzene rings is 3. The maximum Gasteiger partial charge on any atom is 0.439 e. The fourth-order valence-electron chi connectivity index (χ4n) is 2.86. The monoisotopic (exact) mass is 478 g/mol. The average Bonchev–Trinajstić information content (AvgIpc) is 2.82. The van der Waals surface area contributed by atoms with Crippen molar-refractivity contribution >= 4 is 0 Å². The molecule has 1 atom stereocenters. The van der Waals surface area contributed by atoms with Gasteiger partial charge in [-0.15, -0.1) is 0 Å². The lowest BCUT2D eigenvalue weighted by molar-refractivity contribution is -0.304. The Labute approximate surface area is 193 Å². The second-order valence-corrected chi connectivity index (χ2v) is 7.29. The van der Waals surface area contributed by atoms with Gasteiger partial charge in [-0.3, -0.25) is 0 Å². The largest absolute Gasteiger partial charge is 0.494 e. The quantitative estimate of drug-likeness (QED) is 0.260. The molecular weight excluding hydrogens is 458 g/mol. The van der Waals surface area contributed by atoms with Crippen molar-refractivity contribution in [3.8, 4) is 34.5 Å². The Bertz CT molecular complexity index is 1130. The number of hydrogen-bond acceptors (Lipinski definition) is 2. The highest BCUT2D eigenvalue weighted by molar-refractivity contribution is 5.65. The number of rotatable bonds is 7. The van der Waals surface area contributed by atoms with E-state index in [1.54, 1.807) is 0 Å². The van der Waals surface area contributed by atoms with Gasteiger partial charge in [0.05, 0.1) is 6.61 Å². The SMILES string of the molecule is CCCOc1ccc(-c2ccc(C#Cc3ccc(OC(F)(F)C(F)C(F)(F)F)cc3)cc2)cc1. The lowest BCUT2D eigenvalue weighted by atomic mass is 10.0. The van der Waals surface area contributed by atoms with E-state index in [4.69, 9.17) is 4.74 Å². The van der Waals surface area contributed by atoms with Gasteiger partial charge in [-0.2, -0.15) is 22.0 Å². The Kier molecular flexibility index (Phi) is 7.77. The summed E-state index contributed by atoms with van der Waals surface area (Å²) in [5.74, 6) is 5.92. The van der Waals surface area contributed by atoms with Crippen LogP contribution < -0.4 is 9.47 Å². The molecule has 0 radical (unpaired) electrons. The molecule has 0 heterocycles. The van der Waals surface area contributed by atoms with E-state index < -0.39 is 24.2 Å². The highest BCUT2D eigenvalue weighted by Crippen LogP contribution is 2.36. The maximum atomic E-state index is 13.3. The fraction of sp³-hybridized carbons (Fsp3) is 0.231. The molecule has 0 bridgehead atoms. The van der Waals surface area contributed by atoms with E-state index in [0.717, 1.165) is 35.4 Å². The fourth-order valence-corrected chi connectivity index (χ4v) is 2.86. The molecule has 3 aromatic rings. The summed E-state index contributed by atoms with van der Waals surface area (Å²) in [6, 6.07) is 19.7. The minimum atomic E-state index is -5.74. The topological polar surface area (TPSA) is 18.5 Å². The van der Waals surface area contributed by atoms with Gasteiger partial charge in [0.25, 0.3) is 6.17 Å². The second kappa shape index (κ2) is 10.6. The van der Waals surface area contributed by atoms with Crippen LogP contribution in [0.4, 0.5) is 26.3 Å². The van der Waals surface area contributed by atoms with Crippen molar-refractivity contribution in [2.24, 2.45) is 0 Å². The van der Waals surface area contributed by atoms with Crippen LogP contribution in [-0.2, 0) is 0 Å². The Morgan fingerprint density at radius 1 is 0.706 bits per heavy atom. The first-order valence-corrected chi connectivity index (χ1v) is 10.3. The zero-order chi connectivity index (χ0) is 24.8. The first-order chi connectivity index (χ1) is 16.1. The lowest BCUT2D eigenvalue weighted by Crippen LogP contribution is -2.45. The van der Waals surface area contributed by atoms with Gasteiger partial charge in [0, 0.05) is 11.1 Å². The minimum absolute atomic E-state index is 0.412. The number of ether oxygens (including phenoxy) is 2. The smallest absolute Gasteiger partial charge is 0.439 e. The number of alkyl halides is 6. The molecule has 0 spiro atoms. The summed E-state index contributed by atoms with van der Waals surface area (Å²) in [6.45, 7) is 2.69. The Hall–Kier alpha value is -3.60. The summed E-state index contributed by atoms with van der Waals surface area (Å²) in [5.41, 5.74) is 3.11. The zero-order valence-corrected chi connectivity index (χ0v) is 18.0. The Balaban J connectivity index is 1.63. The highest BCUT2D eigenvalue weighted by atomic mass is 19.4. The van der Waals surface area contributed by atoms with Crippen LogP contribution >= 0.6 is 0 Å². The van der Waals surface area contributed by atoms with E-state index in [9.17, 15) is 26.3 Å². The van der Waals surface area contributed by atoms with Crippen LogP contribution in [0.3, 0.4) is 0 Å². The van der Waals surface area contributed by atoms with E-state index in [2.05, 4.69) is 16.6 Å². The molecule has 0 aromatic heterocycles. The molecule has 178 valence electrons. The van der Waals surface area contributed by atoms with Gasteiger partial charge < -0.3 is 9.47 Å². The van der Waals surface area contributed by atoms with Crippen molar-refractivity contribution in [1.82, 2.24) is 0 Å². The third kappa shape index (κ3) is 6.70. The summed E-state index contributed by atoms with van der Waals surface area (Å²) >= 11 is 0. The molecule has 0 saturated heterocycles. The highest BCUT2D eigenvalue weighted by Gasteiger charge is 2.59. The van der Waals surface area contributed by atoms with E-state index in [0.29, 0.717) is 17.7 Å². The molecule has 3 rings (SSSR count). The van der Waals surface area contributed by atoms with Crippen molar-refractivity contribution in [3.63, 3.8) is 0 Å². The standard InChI is InChI=1S/C26H20F6O2/c1-2-17-33-22-15-11-21(12-16-22)20-9-5-18(6-10-20)3-4-19-7-13-23(14-8-19)34-26(31,32)24(27)25(28,29)30/h5-16,24H,2,17H2,1H3. The van der Waals surface area contributed by atoms with Gasteiger partial charge in [-0.05, 0) is 66.1 Å². The van der Waals surface area contributed by atoms with Crippen LogP contribution in [-0.4, -0.2) is 25.1 Å². The molecule has 0 amide bonds. The van der Waals surface area contributed by atoms with Gasteiger partial charge in [0.15, 0.2) is 0 Å². The summed E-state index contributed by atoms with van der Waals surface area (Å²) in [7, 11) is 0. The molecular formula is C26H20F6O2. The van der Waals surface area contributed by atoms with Crippen LogP contribution in [0.25, 0.3) is 11.1 Å². The molecule has 3 aromatic carbocycles. The molecule has 34 heavy (non-hydrogen) atoms. The minimum Gasteiger partial charge on any atom is -0.494 e. The molecule has 0 aliphatic heterocycles. The molecule has 0 N–H and O–H groups in total. The van der Waals surface area contributed by atoms with Crippen LogP contribution in [0, 0.1) is 11.8 Å². The third-order valence-corrected chi connectivity index (χ3v) is 4.59. The van der Waals surface area contributed by atoms with Crippen LogP contribution in [0.2, 0.25) is 0 Å². The van der Waals surface area contributed by atoms with Crippen LogP contribution in [0.15, 0.2) is 72.8 Å². The first-order valence-electron chi connectivity index (χ1n) is 10.3. The number of hydrogen-bond donors (Lipinski definition) is 0. The molecule has 8 heteroatoms. The molecule has 0 saturated carbocycles. The van der Waals surface area contributed by atoms with Crippen molar-refractivity contribution in [3.05, 3.63) is 83.9 Å². The molecule has 1 unspecified atom stereocenters. The van der Waals surface area contributed by atoms with Gasteiger partial charge in [-0.1, -0.05) is 43.0 Å². The van der Waals surface area contributed by atoms with Gasteiger partial charge >= 0.3 is 12.3 Å². The van der Waals surface area contributed by atoms with E-state index in [-0.39, 0.29) is 0 Å². The second-order valence-electron chi connectivity index (χ2n) is 7.29.